The fourth-order valence-electron chi connectivity index (χ4n) is 3.95. The van der Waals surface area contributed by atoms with Crippen LogP contribution in [0.2, 0.25) is 0 Å². The standard InChI is InChI=1S/C28H27F3N4O4S/c1-17-6-5-7-21(12-17)35-24(15-32-26(36)19-13-22(37-2)25(39-4)23(14-19)38-3)33-34-27(35)40-16-18-8-10-20(11-9-18)28(29,30)31/h5-14H,15-16H2,1-4H3,(H,32,36). The molecule has 0 bridgehead atoms. The van der Waals surface area contributed by atoms with Crippen molar-refractivity contribution in [3.63, 3.8) is 0 Å². The van der Waals surface area contributed by atoms with Gasteiger partial charge in [0.1, 0.15) is 0 Å². The first-order chi connectivity index (χ1) is 19.1. The van der Waals surface area contributed by atoms with E-state index < -0.39 is 17.6 Å². The lowest BCUT2D eigenvalue weighted by Gasteiger charge is -2.14. The highest BCUT2D eigenvalue weighted by Crippen LogP contribution is 2.38. The highest BCUT2D eigenvalue weighted by molar-refractivity contribution is 7.98. The molecule has 1 amide bonds. The van der Waals surface area contributed by atoms with E-state index in [2.05, 4.69) is 15.5 Å². The van der Waals surface area contributed by atoms with Crippen molar-refractivity contribution in [1.82, 2.24) is 20.1 Å². The quantitative estimate of drug-likeness (QED) is 0.239. The molecular weight excluding hydrogens is 545 g/mol. The molecule has 0 unspecified atom stereocenters. The van der Waals surface area contributed by atoms with E-state index >= 15 is 0 Å². The Bertz CT molecular complexity index is 1460. The van der Waals surface area contributed by atoms with Gasteiger partial charge in [-0.1, -0.05) is 36.0 Å². The molecule has 0 radical (unpaired) electrons. The fraction of sp³-hybridized carbons (Fsp3) is 0.250. The number of carbonyl (C=O) groups excluding carboxylic acids is 1. The Hall–Kier alpha value is -4.19. The zero-order chi connectivity index (χ0) is 28.9. The smallest absolute Gasteiger partial charge is 0.416 e. The largest absolute Gasteiger partial charge is 0.493 e. The minimum absolute atomic E-state index is 0.0529. The maximum absolute atomic E-state index is 13.1. The third-order valence-corrected chi connectivity index (χ3v) is 6.94. The van der Waals surface area contributed by atoms with Gasteiger partial charge in [-0.25, -0.2) is 0 Å². The van der Waals surface area contributed by atoms with Crippen molar-refractivity contribution in [3.05, 3.63) is 88.7 Å². The predicted molar refractivity (Wildman–Crippen MR) is 144 cm³/mol. The molecule has 210 valence electrons. The highest BCUT2D eigenvalue weighted by Gasteiger charge is 2.30. The van der Waals surface area contributed by atoms with E-state index in [1.807, 2.05) is 35.8 Å². The molecule has 1 heterocycles. The molecule has 0 aliphatic carbocycles. The Morgan fingerprint density at radius 2 is 1.62 bits per heavy atom. The molecule has 0 fully saturated rings. The molecule has 12 heteroatoms. The summed E-state index contributed by atoms with van der Waals surface area (Å²) in [5.74, 6) is 1.52. The number of aryl methyl sites for hydroxylation is 1. The van der Waals surface area contributed by atoms with E-state index in [0.29, 0.717) is 45.1 Å². The Morgan fingerprint density at radius 3 is 2.20 bits per heavy atom. The summed E-state index contributed by atoms with van der Waals surface area (Å²) >= 11 is 1.33. The Morgan fingerprint density at radius 1 is 0.950 bits per heavy atom. The van der Waals surface area contributed by atoms with Crippen molar-refractivity contribution >= 4 is 17.7 Å². The Balaban J connectivity index is 1.57. The summed E-state index contributed by atoms with van der Waals surface area (Å²) < 4.78 is 56.6. The summed E-state index contributed by atoms with van der Waals surface area (Å²) in [6.07, 6.45) is -4.39. The third kappa shape index (κ3) is 6.50. The molecule has 40 heavy (non-hydrogen) atoms. The molecule has 3 aromatic carbocycles. The Labute approximate surface area is 233 Å². The highest BCUT2D eigenvalue weighted by atomic mass is 32.2. The number of hydrogen-bond donors (Lipinski definition) is 1. The summed E-state index contributed by atoms with van der Waals surface area (Å²) in [5.41, 5.74) is 2.10. The number of ether oxygens (including phenoxy) is 3. The van der Waals surface area contributed by atoms with Crippen LogP contribution in [-0.2, 0) is 18.5 Å². The van der Waals surface area contributed by atoms with Gasteiger partial charge in [0.25, 0.3) is 5.91 Å². The second kappa shape index (κ2) is 12.3. The van der Waals surface area contributed by atoms with Gasteiger partial charge in [0.2, 0.25) is 5.75 Å². The van der Waals surface area contributed by atoms with Crippen LogP contribution in [0.5, 0.6) is 17.2 Å². The molecule has 0 aliphatic rings. The van der Waals surface area contributed by atoms with Crippen LogP contribution in [0.25, 0.3) is 5.69 Å². The van der Waals surface area contributed by atoms with Gasteiger partial charge in [0.15, 0.2) is 22.5 Å². The van der Waals surface area contributed by atoms with E-state index in [9.17, 15) is 18.0 Å². The van der Waals surface area contributed by atoms with Crippen molar-refractivity contribution in [2.75, 3.05) is 21.3 Å². The topological polar surface area (TPSA) is 87.5 Å². The fourth-order valence-corrected chi connectivity index (χ4v) is 4.87. The van der Waals surface area contributed by atoms with Crippen LogP contribution in [0.4, 0.5) is 13.2 Å². The number of alkyl halides is 3. The maximum Gasteiger partial charge on any atom is 0.416 e. The number of methoxy groups -OCH3 is 3. The van der Waals surface area contributed by atoms with E-state index in [-0.39, 0.29) is 6.54 Å². The van der Waals surface area contributed by atoms with Gasteiger partial charge in [0, 0.05) is 17.0 Å². The monoisotopic (exact) mass is 572 g/mol. The minimum Gasteiger partial charge on any atom is -0.493 e. The number of benzene rings is 3. The van der Waals surface area contributed by atoms with Crippen molar-refractivity contribution < 1.29 is 32.2 Å². The van der Waals surface area contributed by atoms with Crippen molar-refractivity contribution in [2.24, 2.45) is 0 Å². The van der Waals surface area contributed by atoms with E-state index in [4.69, 9.17) is 14.2 Å². The minimum atomic E-state index is -4.39. The van der Waals surface area contributed by atoms with Gasteiger partial charge < -0.3 is 19.5 Å². The number of hydrogen-bond acceptors (Lipinski definition) is 7. The maximum atomic E-state index is 13.1. The summed E-state index contributed by atoms with van der Waals surface area (Å²) in [6, 6.07) is 15.8. The number of amides is 1. The summed E-state index contributed by atoms with van der Waals surface area (Å²) in [5, 5.41) is 12.0. The van der Waals surface area contributed by atoms with Crippen LogP contribution >= 0.6 is 11.8 Å². The second-order valence-corrected chi connectivity index (χ2v) is 9.60. The lowest BCUT2D eigenvalue weighted by Crippen LogP contribution is -2.25. The number of carbonyl (C=O) groups is 1. The first kappa shape index (κ1) is 28.8. The molecule has 0 spiro atoms. The molecule has 4 rings (SSSR count). The van der Waals surface area contributed by atoms with Gasteiger partial charge in [0.05, 0.1) is 33.4 Å². The van der Waals surface area contributed by atoms with E-state index in [1.54, 1.807) is 12.1 Å². The van der Waals surface area contributed by atoms with Crippen molar-refractivity contribution in [3.8, 4) is 22.9 Å². The zero-order valence-corrected chi connectivity index (χ0v) is 23.0. The number of aromatic nitrogens is 3. The van der Waals surface area contributed by atoms with Crippen molar-refractivity contribution in [2.45, 2.75) is 30.6 Å². The van der Waals surface area contributed by atoms with Gasteiger partial charge in [-0.15, -0.1) is 10.2 Å². The zero-order valence-electron chi connectivity index (χ0n) is 22.2. The predicted octanol–water partition coefficient (Wildman–Crippen LogP) is 5.84. The van der Waals surface area contributed by atoms with Gasteiger partial charge in [-0.05, 0) is 54.4 Å². The van der Waals surface area contributed by atoms with E-state index in [0.717, 1.165) is 23.4 Å². The average Bonchev–Trinajstić information content (AvgIpc) is 3.36. The normalized spacial score (nSPS) is 11.3. The molecule has 0 saturated heterocycles. The number of nitrogens with one attached hydrogen (secondary N) is 1. The van der Waals surface area contributed by atoms with Gasteiger partial charge in [-0.3, -0.25) is 9.36 Å². The molecule has 1 N–H and O–H groups in total. The lowest BCUT2D eigenvalue weighted by molar-refractivity contribution is -0.137. The van der Waals surface area contributed by atoms with Crippen LogP contribution in [0.15, 0.2) is 65.8 Å². The summed E-state index contributed by atoms with van der Waals surface area (Å²) in [4.78, 5) is 13.1. The van der Waals surface area contributed by atoms with Crippen LogP contribution in [0, 0.1) is 6.92 Å². The summed E-state index contributed by atoms with van der Waals surface area (Å²) in [7, 11) is 4.41. The van der Waals surface area contributed by atoms with Crippen LogP contribution in [-0.4, -0.2) is 42.0 Å². The van der Waals surface area contributed by atoms with Crippen LogP contribution in [0.3, 0.4) is 0 Å². The van der Waals surface area contributed by atoms with Crippen molar-refractivity contribution in [1.29, 1.82) is 0 Å². The Kier molecular flexibility index (Phi) is 8.88. The molecular formula is C28H27F3N4O4S. The number of nitrogens with zero attached hydrogens (tertiary/aromatic N) is 3. The first-order valence-electron chi connectivity index (χ1n) is 12.0. The van der Waals surface area contributed by atoms with Gasteiger partial charge in [-0.2, -0.15) is 13.2 Å². The number of halogens is 3. The molecule has 8 nitrogen and oxygen atoms in total. The molecule has 0 atom stereocenters. The molecule has 4 aromatic rings. The van der Waals surface area contributed by atoms with Crippen LogP contribution < -0.4 is 19.5 Å². The van der Waals surface area contributed by atoms with Crippen LogP contribution in [0.1, 0.15) is 32.9 Å². The molecule has 1 aromatic heterocycles. The lowest BCUT2D eigenvalue weighted by atomic mass is 10.1. The first-order valence-corrected chi connectivity index (χ1v) is 13.0. The third-order valence-electron chi connectivity index (χ3n) is 5.94. The van der Waals surface area contributed by atoms with E-state index in [1.165, 1.54) is 45.2 Å². The number of thioether (sulfide) groups is 1. The summed E-state index contributed by atoms with van der Waals surface area (Å²) in [6.45, 7) is 2.01. The average molecular weight is 573 g/mol. The second-order valence-electron chi connectivity index (χ2n) is 8.65. The molecule has 0 aliphatic heterocycles. The molecule has 0 saturated carbocycles. The number of rotatable bonds is 10. The SMILES string of the molecule is COc1cc(C(=O)NCc2nnc(SCc3ccc(C(F)(F)F)cc3)n2-c2cccc(C)c2)cc(OC)c1OC. The van der Waals surface area contributed by atoms with Gasteiger partial charge >= 0.3 is 6.18 Å².